The molecule has 2 saturated carbocycles. The van der Waals surface area contributed by atoms with Crippen LogP contribution in [-0.2, 0) is 9.59 Å². The number of carboxylic acids is 1. The standard InChI is InChI=1S/C16H20N2O4S/c1-7-8(2)23-6-11(7)14(19)17-18-15(20)12-9-3-4-10(5-9)13(12)16(21)22/h6,9-10,12-13H,3-5H2,1-2H3,(H,17,19)(H,18,20)(H,21,22)/t9-,10+,12+,13+/m1/s1. The maximum absolute atomic E-state index is 12.4. The molecule has 2 bridgehead atoms. The Morgan fingerprint density at radius 1 is 1.13 bits per heavy atom. The van der Waals surface area contributed by atoms with Crippen LogP contribution in [0.2, 0.25) is 0 Å². The van der Waals surface area contributed by atoms with Crippen LogP contribution >= 0.6 is 11.3 Å². The zero-order valence-corrected chi connectivity index (χ0v) is 13.9. The first-order valence-corrected chi connectivity index (χ1v) is 8.65. The van der Waals surface area contributed by atoms with Crippen LogP contribution in [0.1, 0.15) is 40.1 Å². The first-order chi connectivity index (χ1) is 10.9. The van der Waals surface area contributed by atoms with Crippen LogP contribution in [0.25, 0.3) is 0 Å². The highest BCUT2D eigenvalue weighted by Crippen LogP contribution is 2.52. The number of carbonyl (C=O) groups excluding carboxylic acids is 2. The van der Waals surface area contributed by atoms with Crippen LogP contribution in [0.15, 0.2) is 5.38 Å². The molecule has 7 heteroatoms. The Morgan fingerprint density at radius 2 is 1.78 bits per heavy atom. The quantitative estimate of drug-likeness (QED) is 0.734. The molecular weight excluding hydrogens is 316 g/mol. The summed E-state index contributed by atoms with van der Waals surface area (Å²) >= 11 is 1.48. The van der Waals surface area contributed by atoms with Crippen molar-refractivity contribution in [1.82, 2.24) is 10.9 Å². The van der Waals surface area contributed by atoms with E-state index in [-0.39, 0.29) is 23.7 Å². The van der Waals surface area contributed by atoms with Gasteiger partial charge in [-0.3, -0.25) is 25.2 Å². The molecule has 0 aromatic carbocycles. The molecule has 1 heterocycles. The number of rotatable bonds is 3. The topological polar surface area (TPSA) is 95.5 Å². The summed E-state index contributed by atoms with van der Waals surface area (Å²) in [5, 5.41) is 11.1. The largest absolute Gasteiger partial charge is 0.481 e. The molecule has 6 nitrogen and oxygen atoms in total. The number of fused-ring (bicyclic) bond motifs is 2. The zero-order valence-electron chi connectivity index (χ0n) is 13.1. The summed E-state index contributed by atoms with van der Waals surface area (Å²) in [4.78, 5) is 37.0. The Balaban J connectivity index is 1.64. The fraction of sp³-hybridized carbons (Fsp3) is 0.562. The summed E-state index contributed by atoms with van der Waals surface area (Å²) in [7, 11) is 0. The third-order valence-corrected chi connectivity index (χ3v) is 6.35. The summed E-state index contributed by atoms with van der Waals surface area (Å²) in [5.74, 6) is -2.63. The minimum atomic E-state index is -0.909. The molecule has 124 valence electrons. The van der Waals surface area contributed by atoms with Crippen LogP contribution in [0.4, 0.5) is 0 Å². The van der Waals surface area contributed by atoms with Gasteiger partial charge in [0.1, 0.15) is 0 Å². The fourth-order valence-electron chi connectivity index (χ4n) is 4.03. The van der Waals surface area contributed by atoms with Crippen molar-refractivity contribution in [2.45, 2.75) is 33.1 Å². The number of carbonyl (C=O) groups is 3. The number of hydrazine groups is 1. The first-order valence-electron chi connectivity index (χ1n) is 7.77. The molecule has 0 unspecified atom stereocenters. The van der Waals surface area contributed by atoms with Gasteiger partial charge < -0.3 is 5.11 Å². The first kappa shape index (κ1) is 16.0. The monoisotopic (exact) mass is 336 g/mol. The highest BCUT2D eigenvalue weighted by molar-refractivity contribution is 7.10. The molecule has 23 heavy (non-hydrogen) atoms. The normalized spacial score (nSPS) is 28.6. The second-order valence-electron chi connectivity index (χ2n) is 6.50. The summed E-state index contributed by atoms with van der Waals surface area (Å²) in [6, 6.07) is 0. The van der Waals surface area contributed by atoms with Crippen LogP contribution in [0.3, 0.4) is 0 Å². The lowest BCUT2D eigenvalue weighted by Crippen LogP contribution is -2.48. The zero-order chi connectivity index (χ0) is 16.7. The van der Waals surface area contributed by atoms with Gasteiger partial charge in [-0.15, -0.1) is 11.3 Å². The lowest BCUT2D eigenvalue weighted by molar-refractivity contribution is -0.149. The van der Waals surface area contributed by atoms with Gasteiger partial charge in [0, 0.05) is 10.3 Å². The number of aliphatic carboxylic acids is 1. The van der Waals surface area contributed by atoms with Crippen molar-refractivity contribution in [1.29, 1.82) is 0 Å². The van der Waals surface area contributed by atoms with Crippen LogP contribution < -0.4 is 10.9 Å². The average Bonchev–Trinajstić information content (AvgIpc) is 3.20. The van der Waals surface area contributed by atoms with E-state index in [2.05, 4.69) is 10.9 Å². The maximum Gasteiger partial charge on any atom is 0.307 e. The number of hydrogen-bond donors (Lipinski definition) is 3. The Kier molecular flexibility index (Phi) is 4.14. The minimum Gasteiger partial charge on any atom is -0.481 e. The number of thiophene rings is 1. The highest BCUT2D eigenvalue weighted by Gasteiger charge is 2.54. The van der Waals surface area contributed by atoms with Gasteiger partial charge >= 0.3 is 5.97 Å². The molecule has 2 aliphatic carbocycles. The number of amides is 2. The molecule has 2 fully saturated rings. The van der Waals surface area contributed by atoms with Gasteiger partial charge in [0.25, 0.3) is 5.91 Å². The molecule has 2 amide bonds. The van der Waals surface area contributed by atoms with Gasteiger partial charge in [-0.1, -0.05) is 0 Å². The van der Waals surface area contributed by atoms with E-state index in [0.717, 1.165) is 29.7 Å². The summed E-state index contributed by atoms with van der Waals surface area (Å²) in [6.45, 7) is 3.79. The van der Waals surface area contributed by atoms with E-state index in [1.165, 1.54) is 11.3 Å². The molecular formula is C16H20N2O4S. The van der Waals surface area contributed by atoms with E-state index in [1.54, 1.807) is 5.38 Å². The molecule has 3 rings (SSSR count). The van der Waals surface area contributed by atoms with Crippen molar-refractivity contribution >= 4 is 29.1 Å². The van der Waals surface area contributed by atoms with Crippen molar-refractivity contribution < 1.29 is 19.5 Å². The second kappa shape index (κ2) is 5.96. The second-order valence-corrected chi connectivity index (χ2v) is 7.58. The molecule has 4 atom stereocenters. The number of aryl methyl sites for hydroxylation is 1. The fourth-order valence-corrected chi connectivity index (χ4v) is 4.90. The lowest BCUT2D eigenvalue weighted by Gasteiger charge is -2.26. The third-order valence-electron chi connectivity index (χ3n) is 5.33. The van der Waals surface area contributed by atoms with Gasteiger partial charge in [0.2, 0.25) is 5.91 Å². The summed E-state index contributed by atoms with van der Waals surface area (Å²) in [5.41, 5.74) is 6.29. The van der Waals surface area contributed by atoms with Crippen molar-refractivity contribution in [3.8, 4) is 0 Å². The molecule has 2 aliphatic rings. The van der Waals surface area contributed by atoms with Crippen molar-refractivity contribution in [2.24, 2.45) is 23.7 Å². The van der Waals surface area contributed by atoms with Crippen molar-refractivity contribution in [3.05, 3.63) is 21.4 Å². The van der Waals surface area contributed by atoms with E-state index >= 15 is 0 Å². The van der Waals surface area contributed by atoms with Crippen LogP contribution in [0.5, 0.6) is 0 Å². The summed E-state index contributed by atoms with van der Waals surface area (Å²) < 4.78 is 0. The van der Waals surface area contributed by atoms with E-state index in [0.29, 0.717) is 5.56 Å². The number of nitrogens with one attached hydrogen (secondary N) is 2. The van der Waals surface area contributed by atoms with E-state index in [9.17, 15) is 19.5 Å². The molecule has 0 spiro atoms. The molecule has 0 aliphatic heterocycles. The van der Waals surface area contributed by atoms with E-state index < -0.39 is 17.8 Å². The van der Waals surface area contributed by atoms with Gasteiger partial charge in [-0.25, -0.2) is 0 Å². The Labute approximate surface area is 138 Å². The van der Waals surface area contributed by atoms with Crippen molar-refractivity contribution in [3.63, 3.8) is 0 Å². The van der Waals surface area contributed by atoms with Crippen molar-refractivity contribution in [2.75, 3.05) is 0 Å². The lowest BCUT2D eigenvalue weighted by atomic mass is 9.79. The SMILES string of the molecule is Cc1scc(C(=O)NNC(=O)[C@H]2[C@@H]3CC[C@@H](C3)[C@@H]2C(=O)O)c1C. The molecule has 3 N–H and O–H groups in total. The molecule has 1 aromatic heterocycles. The van der Waals surface area contributed by atoms with E-state index in [4.69, 9.17) is 0 Å². The number of hydrogen-bond acceptors (Lipinski definition) is 4. The Morgan fingerprint density at radius 3 is 2.35 bits per heavy atom. The van der Waals surface area contributed by atoms with Gasteiger partial charge in [-0.05, 0) is 50.5 Å². The maximum atomic E-state index is 12.4. The third kappa shape index (κ3) is 2.73. The highest BCUT2D eigenvalue weighted by atomic mass is 32.1. The molecule has 1 aromatic rings. The Bertz CT molecular complexity index is 669. The van der Waals surface area contributed by atoms with Crippen LogP contribution in [0, 0.1) is 37.5 Å². The summed E-state index contributed by atoms with van der Waals surface area (Å²) in [6.07, 6.45) is 2.57. The minimum absolute atomic E-state index is 0.0886. The predicted molar refractivity (Wildman–Crippen MR) is 84.8 cm³/mol. The Hall–Kier alpha value is -1.89. The molecule has 0 radical (unpaired) electrons. The number of carboxylic acid groups (broad SMARTS) is 1. The molecule has 0 saturated heterocycles. The van der Waals surface area contributed by atoms with Gasteiger partial charge in [0.15, 0.2) is 0 Å². The average molecular weight is 336 g/mol. The van der Waals surface area contributed by atoms with E-state index in [1.807, 2.05) is 13.8 Å². The van der Waals surface area contributed by atoms with Crippen LogP contribution in [-0.4, -0.2) is 22.9 Å². The van der Waals surface area contributed by atoms with Gasteiger partial charge in [0.05, 0.1) is 17.4 Å². The predicted octanol–water partition coefficient (Wildman–Crippen LogP) is 1.87. The smallest absolute Gasteiger partial charge is 0.307 e. The van der Waals surface area contributed by atoms with Gasteiger partial charge in [-0.2, -0.15) is 0 Å².